The summed E-state index contributed by atoms with van der Waals surface area (Å²) >= 11 is 0. The van der Waals surface area contributed by atoms with Crippen LogP contribution in [0.25, 0.3) is 0 Å². The molecule has 2 heteroatoms. The first-order valence-electron chi connectivity index (χ1n) is 4.11. The van der Waals surface area contributed by atoms with Gasteiger partial charge in [-0.2, -0.15) is 0 Å². The normalized spacial score (nSPS) is 48.8. The molecule has 2 fully saturated rings. The van der Waals surface area contributed by atoms with Crippen LogP contribution in [0.4, 0.5) is 0 Å². The Morgan fingerprint density at radius 3 is 3.10 bits per heavy atom. The van der Waals surface area contributed by atoms with Crippen molar-refractivity contribution in [1.82, 2.24) is 10.6 Å². The van der Waals surface area contributed by atoms with Crippen molar-refractivity contribution in [3.05, 3.63) is 11.8 Å². The highest BCUT2D eigenvalue weighted by molar-refractivity contribution is 5.30. The molecule has 3 rings (SSSR count). The maximum Gasteiger partial charge on any atom is 0.0211 e. The Labute approximate surface area is 60.7 Å². The summed E-state index contributed by atoms with van der Waals surface area (Å²) in [7, 11) is 0. The molecule has 0 aromatic carbocycles. The van der Waals surface area contributed by atoms with E-state index in [-0.39, 0.29) is 0 Å². The molecule has 0 amide bonds. The van der Waals surface area contributed by atoms with Gasteiger partial charge in [0.2, 0.25) is 0 Å². The van der Waals surface area contributed by atoms with Gasteiger partial charge in [0.1, 0.15) is 0 Å². The van der Waals surface area contributed by atoms with E-state index in [1.807, 2.05) is 0 Å². The van der Waals surface area contributed by atoms with Crippen LogP contribution < -0.4 is 10.6 Å². The second-order valence-electron chi connectivity index (χ2n) is 3.59. The van der Waals surface area contributed by atoms with Gasteiger partial charge in [0.15, 0.2) is 0 Å². The van der Waals surface area contributed by atoms with E-state index in [0.29, 0.717) is 0 Å². The first kappa shape index (κ1) is 5.19. The minimum Gasteiger partial charge on any atom is -0.390 e. The van der Waals surface area contributed by atoms with Crippen molar-refractivity contribution >= 4 is 0 Å². The molecule has 2 heterocycles. The van der Waals surface area contributed by atoms with Gasteiger partial charge in [-0.05, 0) is 30.2 Å². The van der Waals surface area contributed by atoms with Crippen molar-refractivity contribution in [2.75, 3.05) is 19.6 Å². The minimum atomic E-state index is 0.903. The number of fused-ring (bicyclic) bond motifs is 4. The van der Waals surface area contributed by atoms with E-state index in [1.165, 1.54) is 19.6 Å². The third-order valence-electron chi connectivity index (χ3n) is 3.24. The van der Waals surface area contributed by atoms with Gasteiger partial charge < -0.3 is 10.6 Å². The molecule has 3 atom stereocenters. The van der Waals surface area contributed by atoms with E-state index in [4.69, 9.17) is 0 Å². The standard InChI is InChI=1S/C8H12N2/c1-5-6(2-9-1)8-4-10-3-7(5)8/h1,6-10H,2-4H2. The summed E-state index contributed by atoms with van der Waals surface area (Å²) in [6.07, 6.45) is 2.23. The Morgan fingerprint density at radius 1 is 1.20 bits per heavy atom. The Morgan fingerprint density at radius 2 is 2.10 bits per heavy atom. The lowest BCUT2D eigenvalue weighted by atomic mass is 9.64. The average Bonchev–Trinajstić information content (AvgIpc) is 2.42. The van der Waals surface area contributed by atoms with E-state index in [0.717, 1.165) is 17.8 Å². The van der Waals surface area contributed by atoms with Crippen molar-refractivity contribution in [2.24, 2.45) is 17.8 Å². The number of rotatable bonds is 0. The van der Waals surface area contributed by atoms with Gasteiger partial charge in [0, 0.05) is 19.0 Å². The minimum absolute atomic E-state index is 0.903. The topological polar surface area (TPSA) is 24.1 Å². The third kappa shape index (κ3) is 0.419. The highest BCUT2D eigenvalue weighted by Gasteiger charge is 2.49. The molecule has 0 aromatic heterocycles. The third-order valence-corrected chi connectivity index (χ3v) is 3.24. The lowest BCUT2D eigenvalue weighted by Crippen LogP contribution is -2.38. The van der Waals surface area contributed by atoms with Crippen LogP contribution >= 0.6 is 0 Å². The van der Waals surface area contributed by atoms with Crippen LogP contribution in [-0.4, -0.2) is 19.6 Å². The molecule has 3 unspecified atom stereocenters. The summed E-state index contributed by atoms with van der Waals surface area (Å²) in [5.41, 5.74) is 1.69. The molecule has 3 aliphatic rings. The van der Waals surface area contributed by atoms with Crippen LogP contribution in [0.3, 0.4) is 0 Å². The molecule has 0 bridgehead atoms. The fourth-order valence-corrected chi connectivity index (χ4v) is 2.68. The van der Waals surface area contributed by atoms with Gasteiger partial charge in [-0.25, -0.2) is 0 Å². The number of nitrogens with one attached hydrogen (secondary N) is 2. The predicted molar refractivity (Wildman–Crippen MR) is 39.4 cm³/mol. The molecule has 10 heavy (non-hydrogen) atoms. The van der Waals surface area contributed by atoms with E-state index < -0.39 is 0 Å². The molecule has 1 saturated carbocycles. The maximum atomic E-state index is 3.44. The van der Waals surface area contributed by atoms with Crippen molar-refractivity contribution in [3.8, 4) is 0 Å². The van der Waals surface area contributed by atoms with Crippen LogP contribution in [-0.2, 0) is 0 Å². The maximum absolute atomic E-state index is 3.44. The molecule has 2 N–H and O–H groups in total. The van der Waals surface area contributed by atoms with Crippen molar-refractivity contribution < 1.29 is 0 Å². The number of hydrogen-bond acceptors (Lipinski definition) is 2. The highest BCUT2D eigenvalue weighted by atomic mass is 15.0. The molecule has 2 nitrogen and oxygen atoms in total. The predicted octanol–water partition coefficient (Wildman–Crippen LogP) is -0.0611. The summed E-state index contributed by atoms with van der Waals surface area (Å²) in [4.78, 5) is 0. The van der Waals surface area contributed by atoms with Crippen LogP contribution in [0, 0.1) is 17.8 Å². The van der Waals surface area contributed by atoms with Crippen molar-refractivity contribution in [1.29, 1.82) is 0 Å². The molecule has 1 aliphatic carbocycles. The van der Waals surface area contributed by atoms with Crippen LogP contribution in [0.2, 0.25) is 0 Å². The summed E-state index contributed by atoms with van der Waals surface area (Å²) in [5, 5.41) is 6.77. The van der Waals surface area contributed by atoms with Gasteiger partial charge in [-0.15, -0.1) is 0 Å². The molecular weight excluding hydrogens is 124 g/mol. The van der Waals surface area contributed by atoms with E-state index in [2.05, 4.69) is 16.8 Å². The second kappa shape index (κ2) is 1.56. The average molecular weight is 136 g/mol. The zero-order chi connectivity index (χ0) is 6.55. The van der Waals surface area contributed by atoms with Crippen LogP contribution in [0.5, 0.6) is 0 Å². The van der Waals surface area contributed by atoms with Crippen LogP contribution in [0.1, 0.15) is 0 Å². The Kier molecular flexibility index (Phi) is 0.810. The quantitative estimate of drug-likeness (QED) is 0.487. The molecule has 1 saturated heterocycles. The number of hydrogen-bond donors (Lipinski definition) is 2. The zero-order valence-corrected chi connectivity index (χ0v) is 5.93. The van der Waals surface area contributed by atoms with E-state index in [1.54, 1.807) is 5.57 Å². The molecule has 0 radical (unpaired) electrons. The van der Waals surface area contributed by atoms with Gasteiger partial charge >= 0.3 is 0 Å². The second-order valence-corrected chi connectivity index (χ2v) is 3.59. The summed E-state index contributed by atoms with van der Waals surface area (Å²) in [6.45, 7) is 3.70. The van der Waals surface area contributed by atoms with Gasteiger partial charge in [0.25, 0.3) is 0 Å². The Bertz CT molecular complexity index is 197. The summed E-state index contributed by atoms with van der Waals surface area (Å²) in [5.74, 6) is 2.78. The van der Waals surface area contributed by atoms with Gasteiger partial charge in [-0.1, -0.05) is 0 Å². The first-order valence-corrected chi connectivity index (χ1v) is 4.11. The molecule has 0 aromatic rings. The van der Waals surface area contributed by atoms with Crippen LogP contribution in [0.15, 0.2) is 11.8 Å². The zero-order valence-electron chi connectivity index (χ0n) is 5.93. The summed E-state index contributed by atoms with van der Waals surface area (Å²) in [6, 6.07) is 0. The molecule has 54 valence electrons. The lowest BCUT2D eigenvalue weighted by Gasteiger charge is -2.38. The van der Waals surface area contributed by atoms with Crippen molar-refractivity contribution in [3.63, 3.8) is 0 Å². The van der Waals surface area contributed by atoms with E-state index in [9.17, 15) is 0 Å². The summed E-state index contributed by atoms with van der Waals surface area (Å²) < 4.78 is 0. The SMILES string of the molecule is C1=C2C(CN1)C1CNCC21. The van der Waals surface area contributed by atoms with Gasteiger partial charge in [-0.3, -0.25) is 0 Å². The van der Waals surface area contributed by atoms with E-state index >= 15 is 0 Å². The highest BCUT2D eigenvalue weighted by Crippen LogP contribution is 2.48. The molecular formula is C8H12N2. The van der Waals surface area contributed by atoms with Crippen molar-refractivity contribution in [2.45, 2.75) is 0 Å². The molecule has 2 aliphatic heterocycles. The molecule has 0 spiro atoms. The Hall–Kier alpha value is -0.500. The smallest absolute Gasteiger partial charge is 0.0211 e. The Balaban J connectivity index is 1.94. The van der Waals surface area contributed by atoms with Gasteiger partial charge in [0.05, 0.1) is 0 Å². The lowest BCUT2D eigenvalue weighted by molar-refractivity contribution is 0.246. The monoisotopic (exact) mass is 136 g/mol. The fourth-order valence-electron chi connectivity index (χ4n) is 2.68. The largest absolute Gasteiger partial charge is 0.390 e. The first-order chi connectivity index (χ1) is 4.97. The fraction of sp³-hybridized carbons (Fsp3) is 0.750.